The first-order valence-electron chi connectivity index (χ1n) is 5.32. The molecule has 1 atom stereocenters. The van der Waals surface area contributed by atoms with Crippen LogP contribution in [0.1, 0.15) is 18.4 Å². The number of amidine groups is 1. The normalized spacial score (nSPS) is 13.4. The number of nitrogens with zero attached hydrogens (tertiary/aromatic N) is 2. The lowest BCUT2D eigenvalue weighted by atomic mass is 10.0. The van der Waals surface area contributed by atoms with Gasteiger partial charge in [-0.3, -0.25) is 4.79 Å². The Morgan fingerprint density at radius 2 is 2.53 bits per heavy atom. The van der Waals surface area contributed by atoms with Crippen LogP contribution in [-0.4, -0.2) is 28.5 Å². The third kappa shape index (κ3) is 4.03. The van der Waals surface area contributed by atoms with Crippen molar-refractivity contribution in [3.8, 4) is 0 Å². The van der Waals surface area contributed by atoms with Crippen LogP contribution in [0.2, 0.25) is 0 Å². The average Bonchev–Trinajstić information content (AvgIpc) is 2.82. The second-order valence-electron chi connectivity index (χ2n) is 3.45. The number of oxime groups is 1. The number of nitrogens with one attached hydrogen (secondary N) is 1. The topological polar surface area (TPSA) is 101 Å². The molecule has 17 heavy (non-hydrogen) atoms. The number of thiazole rings is 1. The van der Waals surface area contributed by atoms with Crippen LogP contribution in [0.25, 0.3) is 0 Å². The Labute approximate surface area is 104 Å². The quantitative estimate of drug-likeness (QED) is 0.300. The monoisotopic (exact) mass is 256 g/mol. The van der Waals surface area contributed by atoms with Gasteiger partial charge in [0.15, 0.2) is 5.84 Å². The summed E-state index contributed by atoms with van der Waals surface area (Å²) < 4.78 is 0. The van der Waals surface area contributed by atoms with Gasteiger partial charge in [0.05, 0.1) is 10.9 Å². The van der Waals surface area contributed by atoms with Crippen molar-refractivity contribution < 1.29 is 10.0 Å². The molecule has 6 nitrogen and oxygen atoms in total. The highest BCUT2D eigenvalue weighted by molar-refractivity contribution is 7.09. The minimum absolute atomic E-state index is 0.0563. The van der Waals surface area contributed by atoms with Crippen LogP contribution >= 0.6 is 11.3 Å². The van der Waals surface area contributed by atoms with Gasteiger partial charge in [0, 0.05) is 24.5 Å². The van der Waals surface area contributed by atoms with E-state index in [1.165, 1.54) is 0 Å². The van der Waals surface area contributed by atoms with E-state index < -0.39 is 5.92 Å². The van der Waals surface area contributed by atoms with Gasteiger partial charge in [-0.15, -0.1) is 11.3 Å². The smallest absolute Gasteiger partial charge is 0.230 e. The number of hydrogen-bond donors (Lipinski definition) is 3. The fourth-order valence-corrected chi connectivity index (χ4v) is 2.01. The van der Waals surface area contributed by atoms with Crippen LogP contribution in [-0.2, 0) is 11.2 Å². The predicted octanol–water partition coefficient (Wildman–Crippen LogP) is 0.574. The molecule has 1 heterocycles. The SMILES string of the molecule is CCC(C(=O)NCCc1nccs1)C(N)=NO. The van der Waals surface area contributed by atoms with Crippen molar-refractivity contribution in [1.82, 2.24) is 10.3 Å². The van der Waals surface area contributed by atoms with Crippen LogP contribution in [0.4, 0.5) is 0 Å². The Bertz CT molecular complexity index is 378. The predicted molar refractivity (Wildman–Crippen MR) is 66.0 cm³/mol. The van der Waals surface area contributed by atoms with Crippen LogP contribution in [0.3, 0.4) is 0 Å². The van der Waals surface area contributed by atoms with E-state index >= 15 is 0 Å². The van der Waals surface area contributed by atoms with Gasteiger partial charge < -0.3 is 16.3 Å². The summed E-state index contributed by atoms with van der Waals surface area (Å²) in [5.41, 5.74) is 5.42. The number of hydrogen-bond acceptors (Lipinski definition) is 5. The largest absolute Gasteiger partial charge is 0.409 e. The Kier molecular flexibility index (Phi) is 5.41. The zero-order valence-corrected chi connectivity index (χ0v) is 10.4. The van der Waals surface area contributed by atoms with E-state index in [-0.39, 0.29) is 11.7 Å². The van der Waals surface area contributed by atoms with Crippen molar-refractivity contribution in [2.24, 2.45) is 16.8 Å². The highest BCUT2D eigenvalue weighted by atomic mass is 32.1. The maximum Gasteiger partial charge on any atom is 0.230 e. The molecule has 0 aromatic carbocycles. The molecule has 1 aromatic heterocycles. The van der Waals surface area contributed by atoms with E-state index in [0.717, 1.165) is 5.01 Å². The minimum Gasteiger partial charge on any atom is -0.409 e. The molecule has 0 aliphatic heterocycles. The molecule has 0 saturated heterocycles. The average molecular weight is 256 g/mol. The number of nitrogens with two attached hydrogens (primary N) is 1. The van der Waals surface area contributed by atoms with E-state index in [9.17, 15) is 4.79 Å². The van der Waals surface area contributed by atoms with E-state index in [1.54, 1.807) is 17.5 Å². The Hall–Kier alpha value is -1.63. The van der Waals surface area contributed by atoms with Crippen molar-refractivity contribution >= 4 is 23.1 Å². The molecule has 0 aliphatic carbocycles. The Balaban J connectivity index is 2.38. The molecule has 1 aromatic rings. The zero-order valence-electron chi connectivity index (χ0n) is 9.59. The van der Waals surface area contributed by atoms with Crippen LogP contribution in [0.15, 0.2) is 16.7 Å². The van der Waals surface area contributed by atoms with Crippen molar-refractivity contribution in [3.63, 3.8) is 0 Å². The highest BCUT2D eigenvalue weighted by Crippen LogP contribution is 2.05. The van der Waals surface area contributed by atoms with Crippen LogP contribution < -0.4 is 11.1 Å². The summed E-state index contributed by atoms with van der Waals surface area (Å²) in [6.07, 6.45) is 2.92. The van der Waals surface area contributed by atoms with Crippen molar-refractivity contribution in [3.05, 3.63) is 16.6 Å². The number of carbonyl (C=O) groups is 1. The second-order valence-corrected chi connectivity index (χ2v) is 4.43. The van der Waals surface area contributed by atoms with E-state index in [2.05, 4.69) is 15.5 Å². The molecule has 1 amide bonds. The Morgan fingerprint density at radius 1 is 1.76 bits per heavy atom. The lowest BCUT2D eigenvalue weighted by Gasteiger charge is -2.12. The number of rotatable bonds is 6. The first-order valence-corrected chi connectivity index (χ1v) is 6.20. The molecule has 0 radical (unpaired) electrons. The zero-order chi connectivity index (χ0) is 12.7. The van der Waals surface area contributed by atoms with Gasteiger partial charge in [0.25, 0.3) is 0 Å². The molecule has 0 aliphatic rings. The maximum atomic E-state index is 11.7. The Morgan fingerprint density at radius 3 is 3.06 bits per heavy atom. The fourth-order valence-electron chi connectivity index (χ4n) is 1.39. The van der Waals surface area contributed by atoms with Gasteiger partial charge in [0.2, 0.25) is 5.91 Å². The summed E-state index contributed by atoms with van der Waals surface area (Å²) in [4.78, 5) is 15.8. The number of amides is 1. The molecule has 1 unspecified atom stereocenters. The first-order chi connectivity index (χ1) is 8.19. The van der Waals surface area contributed by atoms with Gasteiger partial charge in [-0.2, -0.15) is 0 Å². The van der Waals surface area contributed by atoms with E-state index in [4.69, 9.17) is 10.9 Å². The summed E-state index contributed by atoms with van der Waals surface area (Å²) in [6.45, 7) is 2.31. The molecule has 94 valence electrons. The van der Waals surface area contributed by atoms with Gasteiger partial charge in [-0.05, 0) is 6.42 Å². The summed E-state index contributed by atoms with van der Waals surface area (Å²) in [5, 5.41) is 17.0. The molecule has 0 bridgehead atoms. The fraction of sp³-hybridized carbons (Fsp3) is 0.500. The molecule has 0 saturated carbocycles. The summed E-state index contributed by atoms with van der Waals surface area (Å²) in [6, 6.07) is 0. The molecule has 7 heteroatoms. The van der Waals surface area contributed by atoms with Gasteiger partial charge in [-0.25, -0.2) is 4.98 Å². The summed E-state index contributed by atoms with van der Waals surface area (Å²) in [5.74, 6) is -0.852. The van der Waals surface area contributed by atoms with Crippen molar-refractivity contribution in [1.29, 1.82) is 0 Å². The highest BCUT2D eigenvalue weighted by Gasteiger charge is 2.20. The van der Waals surface area contributed by atoms with E-state index in [0.29, 0.717) is 19.4 Å². The molecule has 0 spiro atoms. The lowest BCUT2D eigenvalue weighted by molar-refractivity contribution is -0.123. The number of carbonyl (C=O) groups excluding carboxylic acids is 1. The lowest BCUT2D eigenvalue weighted by Crippen LogP contribution is -2.39. The minimum atomic E-state index is -0.573. The van der Waals surface area contributed by atoms with E-state index in [1.807, 2.05) is 12.3 Å². The van der Waals surface area contributed by atoms with Gasteiger partial charge >= 0.3 is 0 Å². The summed E-state index contributed by atoms with van der Waals surface area (Å²) in [7, 11) is 0. The van der Waals surface area contributed by atoms with Crippen LogP contribution in [0, 0.1) is 5.92 Å². The molecule has 4 N–H and O–H groups in total. The van der Waals surface area contributed by atoms with Crippen LogP contribution in [0.5, 0.6) is 0 Å². The third-order valence-corrected chi connectivity index (χ3v) is 3.16. The van der Waals surface area contributed by atoms with Gasteiger partial charge in [-0.1, -0.05) is 12.1 Å². The molecular formula is C10H16N4O2S. The first kappa shape index (κ1) is 13.4. The third-order valence-electron chi connectivity index (χ3n) is 2.32. The molecular weight excluding hydrogens is 240 g/mol. The van der Waals surface area contributed by atoms with Crippen molar-refractivity contribution in [2.45, 2.75) is 19.8 Å². The summed E-state index contributed by atoms with van der Waals surface area (Å²) >= 11 is 1.55. The second kappa shape index (κ2) is 6.85. The molecule has 0 fully saturated rings. The maximum absolute atomic E-state index is 11.7. The van der Waals surface area contributed by atoms with Gasteiger partial charge in [0.1, 0.15) is 0 Å². The standard InChI is InChI=1S/C10H16N4O2S/c1-2-7(9(11)14-16)10(15)13-4-3-8-12-5-6-17-8/h5-7,16H,2-4H2,1H3,(H2,11,14)(H,13,15). The molecule has 1 rings (SSSR count). The van der Waals surface area contributed by atoms with Crippen molar-refractivity contribution in [2.75, 3.05) is 6.54 Å². The number of aromatic nitrogens is 1.